The quantitative estimate of drug-likeness (QED) is 0.656. The van der Waals surface area contributed by atoms with Gasteiger partial charge in [-0.3, -0.25) is 9.59 Å². The first-order valence-electron chi connectivity index (χ1n) is 7.93. The first-order chi connectivity index (χ1) is 12.6. The fourth-order valence-corrected chi connectivity index (χ4v) is 2.44. The number of hydrogen-bond acceptors (Lipinski definition) is 3. The van der Waals surface area contributed by atoms with Crippen LogP contribution >= 0.6 is 11.6 Å². The number of carbonyl (C=O) groups excluding carboxylic acids is 2. The molecule has 2 amide bonds. The van der Waals surface area contributed by atoms with Crippen LogP contribution in [0.25, 0.3) is 0 Å². The lowest BCUT2D eigenvalue weighted by atomic mass is 10.1. The number of rotatable bonds is 6. The Kier molecular flexibility index (Phi) is 6.68. The maximum atomic E-state index is 13.0. The molecule has 0 spiro atoms. The van der Waals surface area contributed by atoms with Crippen LogP contribution in [0.15, 0.2) is 42.5 Å². The van der Waals surface area contributed by atoms with E-state index in [1.165, 1.54) is 13.0 Å². The summed E-state index contributed by atoms with van der Waals surface area (Å²) >= 11 is 5.60. The predicted octanol–water partition coefficient (Wildman–Crippen LogP) is 4.76. The molecule has 0 unspecified atom stereocenters. The van der Waals surface area contributed by atoms with E-state index < -0.39 is 17.6 Å². The second-order valence-electron chi connectivity index (χ2n) is 5.67. The highest BCUT2D eigenvalue weighted by molar-refractivity contribution is 6.30. The molecule has 0 aliphatic heterocycles. The molecule has 144 valence electrons. The summed E-state index contributed by atoms with van der Waals surface area (Å²) in [7, 11) is 0. The number of amides is 2. The second kappa shape index (κ2) is 8.77. The van der Waals surface area contributed by atoms with Gasteiger partial charge in [0.25, 0.3) is 0 Å². The van der Waals surface area contributed by atoms with Gasteiger partial charge in [-0.15, -0.1) is 0 Å². The van der Waals surface area contributed by atoms with Gasteiger partial charge in [-0.25, -0.2) is 0 Å². The van der Waals surface area contributed by atoms with E-state index in [2.05, 4.69) is 16.0 Å². The summed E-state index contributed by atoms with van der Waals surface area (Å²) in [6, 6.07) is 9.97. The topological polar surface area (TPSA) is 70.2 Å². The molecule has 9 heteroatoms. The Morgan fingerprint density at radius 2 is 1.63 bits per heavy atom. The molecule has 0 radical (unpaired) electrons. The second-order valence-corrected chi connectivity index (χ2v) is 6.11. The molecule has 0 saturated heterocycles. The van der Waals surface area contributed by atoms with Crippen LogP contribution in [0.3, 0.4) is 0 Å². The van der Waals surface area contributed by atoms with Gasteiger partial charge in [-0.05, 0) is 42.5 Å². The minimum atomic E-state index is -4.62. The molecule has 0 aliphatic rings. The third-order valence-corrected chi connectivity index (χ3v) is 3.68. The molecule has 0 heterocycles. The Bertz CT molecular complexity index is 824. The van der Waals surface area contributed by atoms with Crippen molar-refractivity contribution < 1.29 is 22.8 Å². The standard InChI is InChI=1S/C18H17ClF3N3O2/c1-11(26)24-14-5-3-13(4-6-14)23-9-8-17(27)25-16-7-2-12(19)10-15(16)18(20,21)22/h2-7,10,23H,8-9H2,1H3,(H,24,26)(H,25,27). The van der Waals surface area contributed by atoms with E-state index in [4.69, 9.17) is 11.6 Å². The van der Waals surface area contributed by atoms with Gasteiger partial charge >= 0.3 is 6.18 Å². The molecule has 3 N–H and O–H groups in total. The largest absolute Gasteiger partial charge is 0.418 e. The van der Waals surface area contributed by atoms with Crippen molar-refractivity contribution >= 4 is 40.5 Å². The van der Waals surface area contributed by atoms with Crippen LogP contribution in [-0.4, -0.2) is 18.4 Å². The lowest BCUT2D eigenvalue weighted by Crippen LogP contribution is -2.19. The molecule has 27 heavy (non-hydrogen) atoms. The van der Waals surface area contributed by atoms with E-state index in [0.29, 0.717) is 11.4 Å². The van der Waals surface area contributed by atoms with Gasteiger partial charge in [0.1, 0.15) is 0 Å². The predicted molar refractivity (Wildman–Crippen MR) is 98.9 cm³/mol. The number of anilines is 3. The summed E-state index contributed by atoms with van der Waals surface area (Å²) in [5, 5.41) is 7.79. The fraction of sp³-hybridized carbons (Fsp3) is 0.222. The molecule has 0 aliphatic carbocycles. The molecule has 2 aromatic carbocycles. The van der Waals surface area contributed by atoms with Crippen molar-refractivity contribution in [2.45, 2.75) is 19.5 Å². The van der Waals surface area contributed by atoms with E-state index in [9.17, 15) is 22.8 Å². The van der Waals surface area contributed by atoms with Crippen molar-refractivity contribution in [3.63, 3.8) is 0 Å². The molecule has 0 fully saturated rings. The lowest BCUT2D eigenvalue weighted by Gasteiger charge is -2.14. The third kappa shape index (κ3) is 6.49. The van der Waals surface area contributed by atoms with E-state index in [0.717, 1.165) is 12.1 Å². The fourth-order valence-electron chi connectivity index (χ4n) is 2.27. The van der Waals surface area contributed by atoms with E-state index in [1.54, 1.807) is 24.3 Å². The Hall–Kier alpha value is -2.74. The van der Waals surface area contributed by atoms with E-state index >= 15 is 0 Å². The first-order valence-corrected chi connectivity index (χ1v) is 8.31. The average molecular weight is 400 g/mol. The van der Waals surface area contributed by atoms with E-state index in [1.807, 2.05) is 0 Å². The summed E-state index contributed by atoms with van der Waals surface area (Å²) in [5.74, 6) is -0.752. The number of nitrogens with one attached hydrogen (secondary N) is 3. The van der Waals surface area contributed by atoms with Crippen LogP contribution < -0.4 is 16.0 Å². The zero-order valence-corrected chi connectivity index (χ0v) is 15.0. The highest BCUT2D eigenvalue weighted by Crippen LogP contribution is 2.36. The van der Waals surface area contributed by atoms with Crippen LogP contribution in [-0.2, 0) is 15.8 Å². The number of halogens is 4. The van der Waals surface area contributed by atoms with Crippen LogP contribution in [0, 0.1) is 0 Å². The average Bonchev–Trinajstić information content (AvgIpc) is 2.56. The number of carbonyl (C=O) groups is 2. The minimum absolute atomic E-state index is 0.0344. The Balaban J connectivity index is 1.89. The summed E-state index contributed by atoms with van der Waals surface area (Å²) in [6.07, 6.45) is -4.66. The number of benzene rings is 2. The van der Waals surface area contributed by atoms with Crippen molar-refractivity contribution in [2.24, 2.45) is 0 Å². The zero-order valence-electron chi connectivity index (χ0n) is 14.3. The highest BCUT2D eigenvalue weighted by Gasteiger charge is 2.34. The van der Waals surface area contributed by atoms with Gasteiger partial charge < -0.3 is 16.0 Å². The number of alkyl halides is 3. The molecular weight excluding hydrogens is 383 g/mol. The Morgan fingerprint density at radius 1 is 1.00 bits per heavy atom. The lowest BCUT2D eigenvalue weighted by molar-refractivity contribution is -0.137. The normalized spacial score (nSPS) is 11.0. The molecule has 2 rings (SSSR count). The van der Waals surface area contributed by atoms with Gasteiger partial charge in [-0.2, -0.15) is 13.2 Å². The third-order valence-electron chi connectivity index (χ3n) is 3.45. The number of hydrogen-bond donors (Lipinski definition) is 3. The van der Waals surface area contributed by atoms with Gasteiger partial charge in [0.05, 0.1) is 11.3 Å². The SMILES string of the molecule is CC(=O)Nc1ccc(NCCC(=O)Nc2ccc(Cl)cc2C(F)(F)F)cc1. The Labute approximate surface area is 158 Å². The van der Waals surface area contributed by atoms with Crippen LogP contribution in [0.2, 0.25) is 5.02 Å². The molecule has 2 aromatic rings. The maximum Gasteiger partial charge on any atom is 0.418 e. The minimum Gasteiger partial charge on any atom is -0.385 e. The molecule has 0 aromatic heterocycles. The zero-order chi connectivity index (χ0) is 20.0. The van der Waals surface area contributed by atoms with Crippen molar-refractivity contribution in [1.29, 1.82) is 0 Å². The maximum absolute atomic E-state index is 13.0. The molecular formula is C18H17ClF3N3O2. The molecule has 5 nitrogen and oxygen atoms in total. The summed E-state index contributed by atoms with van der Waals surface area (Å²) in [5.41, 5.74) is 0.00835. The summed E-state index contributed by atoms with van der Waals surface area (Å²) in [6.45, 7) is 1.62. The molecule has 0 bridgehead atoms. The first kappa shape index (κ1) is 20.6. The van der Waals surface area contributed by atoms with Crippen LogP contribution in [0.1, 0.15) is 18.9 Å². The van der Waals surface area contributed by atoms with Gasteiger partial charge in [0.2, 0.25) is 11.8 Å². The molecule has 0 atom stereocenters. The van der Waals surface area contributed by atoms with Crippen molar-refractivity contribution in [3.8, 4) is 0 Å². The summed E-state index contributed by atoms with van der Waals surface area (Å²) in [4.78, 5) is 22.9. The monoisotopic (exact) mass is 399 g/mol. The van der Waals surface area contributed by atoms with Gasteiger partial charge in [0, 0.05) is 36.3 Å². The molecule has 0 saturated carbocycles. The Morgan fingerprint density at radius 3 is 2.22 bits per heavy atom. The van der Waals surface area contributed by atoms with Gasteiger partial charge in [-0.1, -0.05) is 11.6 Å². The van der Waals surface area contributed by atoms with Crippen LogP contribution in [0.5, 0.6) is 0 Å². The van der Waals surface area contributed by atoms with Crippen LogP contribution in [0.4, 0.5) is 30.2 Å². The highest BCUT2D eigenvalue weighted by atomic mass is 35.5. The van der Waals surface area contributed by atoms with Crippen molar-refractivity contribution in [3.05, 3.63) is 53.1 Å². The van der Waals surface area contributed by atoms with Crippen molar-refractivity contribution in [1.82, 2.24) is 0 Å². The summed E-state index contributed by atoms with van der Waals surface area (Å²) < 4.78 is 39.0. The van der Waals surface area contributed by atoms with E-state index in [-0.39, 0.29) is 29.6 Å². The van der Waals surface area contributed by atoms with Crippen molar-refractivity contribution in [2.75, 3.05) is 22.5 Å². The smallest absolute Gasteiger partial charge is 0.385 e. The van der Waals surface area contributed by atoms with Gasteiger partial charge in [0.15, 0.2) is 0 Å².